The molecule has 2 amide bonds. The summed E-state index contributed by atoms with van der Waals surface area (Å²) in [6.07, 6.45) is 0.978. The average Bonchev–Trinajstić information content (AvgIpc) is 3.15. The van der Waals surface area contributed by atoms with Crippen molar-refractivity contribution in [1.82, 2.24) is 15.2 Å². The lowest BCUT2D eigenvalue weighted by atomic mass is 9.87. The molecule has 1 saturated heterocycles. The number of aliphatic carboxylic acids is 1. The highest BCUT2D eigenvalue weighted by atomic mass is 19.4. The lowest BCUT2D eigenvalue weighted by Crippen LogP contribution is -2.51. The van der Waals surface area contributed by atoms with Crippen molar-refractivity contribution in [2.24, 2.45) is 11.1 Å². The highest BCUT2D eigenvalue weighted by molar-refractivity contribution is 6.39. The molecule has 0 aliphatic carbocycles. The van der Waals surface area contributed by atoms with E-state index >= 15 is 0 Å². The quantitative estimate of drug-likeness (QED) is 0.679. The van der Waals surface area contributed by atoms with Crippen molar-refractivity contribution in [2.45, 2.75) is 57.9 Å². The van der Waals surface area contributed by atoms with Gasteiger partial charge in [0.15, 0.2) is 5.60 Å². The van der Waals surface area contributed by atoms with E-state index in [-0.39, 0.29) is 11.8 Å². The van der Waals surface area contributed by atoms with Crippen LogP contribution < -0.4 is 5.32 Å². The van der Waals surface area contributed by atoms with Crippen LogP contribution in [0.15, 0.2) is 29.7 Å². The number of likely N-dealkylation sites (tertiary alicyclic amines) is 1. The van der Waals surface area contributed by atoms with Crippen LogP contribution in [0.2, 0.25) is 0 Å². The molecule has 2 aliphatic heterocycles. The Hall–Kier alpha value is -3.18. The van der Waals surface area contributed by atoms with Crippen LogP contribution in [-0.4, -0.2) is 63.4 Å². The maximum atomic E-state index is 12.4. The highest BCUT2D eigenvalue weighted by Gasteiger charge is 2.45. The van der Waals surface area contributed by atoms with E-state index in [1.807, 2.05) is 30.9 Å². The van der Waals surface area contributed by atoms with Gasteiger partial charge in [-0.25, -0.2) is 4.79 Å². The molecule has 182 valence electrons. The van der Waals surface area contributed by atoms with Gasteiger partial charge in [-0.2, -0.15) is 13.2 Å². The normalized spacial score (nSPS) is 19.9. The van der Waals surface area contributed by atoms with Crippen LogP contribution >= 0.6 is 0 Å². The molecule has 2 aliphatic rings. The van der Waals surface area contributed by atoms with Gasteiger partial charge in [0.2, 0.25) is 5.91 Å². The smallest absolute Gasteiger partial charge is 0.475 e. The molecule has 1 aromatic heterocycles. The summed E-state index contributed by atoms with van der Waals surface area (Å²) in [5.41, 5.74) is 0.775. The Morgan fingerprint density at radius 2 is 2.03 bits per heavy atom. The first-order valence-electron chi connectivity index (χ1n) is 10.4. The zero-order valence-corrected chi connectivity index (χ0v) is 18.4. The number of rotatable bonds is 5. The van der Waals surface area contributed by atoms with E-state index in [1.165, 1.54) is 0 Å². The lowest BCUT2D eigenvalue weighted by molar-refractivity contribution is -0.192. The van der Waals surface area contributed by atoms with Crippen molar-refractivity contribution in [2.75, 3.05) is 13.1 Å². The Morgan fingerprint density at radius 1 is 1.33 bits per heavy atom. The van der Waals surface area contributed by atoms with E-state index in [9.17, 15) is 22.8 Å². The van der Waals surface area contributed by atoms with Gasteiger partial charge >= 0.3 is 12.1 Å². The minimum absolute atomic E-state index is 0.150. The van der Waals surface area contributed by atoms with Crippen molar-refractivity contribution in [3.8, 4) is 0 Å². The second kappa shape index (κ2) is 11.1. The number of carbonyl (C=O) groups excluding carboxylic acids is 2. The zero-order valence-electron chi connectivity index (χ0n) is 18.4. The molecule has 3 rings (SSSR count). The second-order valence-corrected chi connectivity index (χ2v) is 8.35. The molecule has 12 heteroatoms. The van der Waals surface area contributed by atoms with Crippen LogP contribution in [0.4, 0.5) is 13.2 Å². The van der Waals surface area contributed by atoms with E-state index in [4.69, 9.17) is 14.7 Å². The number of carbonyl (C=O) groups is 3. The molecule has 0 saturated carbocycles. The predicted molar refractivity (Wildman–Crippen MR) is 111 cm³/mol. The van der Waals surface area contributed by atoms with Gasteiger partial charge in [0, 0.05) is 38.3 Å². The van der Waals surface area contributed by atoms with Gasteiger partial charge in [-0.15, -0.1) is 0 Å². The number of aromatic nitrogens is 1. The van der Waals surface area contributed by atoms with E-state index in [0.717, 1.165) is 24.9 Å². The zero-order chi connectivity index (χ0) is 24.6. The summed E-state index contributed by atoms with van der Waals surface area (Å²) in [7, 11) is 0. The molecule has 0 aromatic carbocycles. The Morgan fingerprint density at radius 3 is 2.61 bits per heavy atom. The largest absolute Gasteiger partial charge is 0.490 e. The Bertz CT molecular complexity index is 876. The number of pyridine rings is 1. The number of nitrogens with zero attached hydrogens (tertiary/aromatic N) is 3. The third kappa shape index (κ3) is 8.03. The fourth-order valence-corrected chi connectivity index (χ4v) is 3.44. The lowest BCUT2D eigenvalue weighted by Gasteiger charge is -2.38. The number of amides is 2. The molecule has 2 N–H and O–H groups in total. The number of carboxylic acid groups (broad SMARTS) is 1. The average molecular weight is 472 g/mol. The minimum Gasteiger partial charge on any atom is -0.475 e. The van der Waals surface area contributed by atoms with Crippen LogP contribution in [0.25, 0.3) is 0 Å². The van der Waals surface area contributed by atoms with Crippen molar-refractivity contribution < 1.29 is 37.5 Å². The number of hydrogen-bond donors (Lipinski definition) is 2. The van der Waals surface area contributed by atoms with Gasteiger partial charge in [0.1, 0.15) is 5.71 Å². The summed E-state index contributed by atoms with van der Waals surface area (Å²) < 4.78 is 31.7. The SMILES string of the molecule is CC(C)CC(=O)N1CCCC2(CC(C(=O)NCc3cccnc3)=NO2)C1.O=C(O)C(F)(F)F. The second-order valence-electron chi connectivity index (χ2n) is 8.35. The van der Waals surface area contributed by atoms with Crippen LogP contribution in [-0.2, 0) is 25.8 Å². The molecular formula is C21H27F3N4O5. The molecule has 0 bridgehead atoms. The summed E-state index contributed by atoms with van der Waals surface area (Å²) in [4.78, 5) is 45.2. The van der Waals surface area contributed by atoms with E-state index in [0.29, 0.717) is 37.6 Å². The molecule has 33 heavy (non-hydrogen) atoms. The van der Waals surface area contributed by atoms with Gasteiger partial charge in [-0.3, -0.25) is 14.6 Å². The van der Waals surface area contributed by atoms with Gasteiger partial charge in [-0.05, 0) is 30.4 Å². The first kappa shape index (κ1) is 26.1. The summed E-state index contributed by atoms with van der Waals surface area (Å²) in [6, 6.07) is 3.73. The van der Waals surface area contributed by atoms with E-state index < -0.39 is 17.7 Å². The fraction of sp³-hybridized carbons (Fsp3) is 0.571. The van der Waals surface area contributed by atoms with Crippen molar-refractivity contribution in [1.29, 1.82) is 0 Å². The predicted octanol–water partition coefficient (Wildman–Crippen LogP) is 2.51. The van der Waals surface area contributed by atoms with E-state index in [2.05, 4.69) is 15.5 Å². The number of carboxylic acids is 1. The fourth-order valence-electron chi connectivity index (χ4n) is 3.44. The topological polar surface area (TPSA) is 121 Å². The van der Waals surface area contributed by atoms with Gasteiger partial charge < -0.3 is 20.2 Å². The Balaban J connectivity index is 0.000000479. The standard InChI is InChI=1S/C19H26N4O3.C2HF3O2/c1-14(2)9-17(24)23-8-4-6-19(13-23)10-16(22-26-19)18(25)21-12-15-5-3-7-20-11-15;3-2(4,5)1(6)7/h3,5,7,11,14H,4,6,8-10,12-13H2,1-2H3,(H,21,25);(H,6,7). The third-order valence-corrected chi connectivity index (χ3v) is 4.99. The number of hydrogen-bond acceptors (Lipinski definition) is 6. The first-order valence-corrected chi connectivity index (χ1v) is 10.4. The Kier molecular flexibility index (Phi) is 8.77. The molecule has 1 unspecified atom stereocenters. The monoisotopic (exact) mass is 472 g/mol. The Labute approximate surface area is 189 Å². The van der Waals surface area contributed by atoms with Crippen LogP contribution in [0.3, 0.4) is 0 Å². The number of oxime groups is 1. The van der Waals surface area contributed by atoms with Gasteiger partial charge in [0.25, 0.3) is 5.91 Å². The molecule has 1 atom stereocenters. The number of piperidine rings is 1. The van der Waals surface area contributed by atoms with Gasteiger partial charge in [-0.1, -0.05) is 25.1 Å². The van der Waals surface area contributed by atoms with E-state index in [1.54, 1.807) is 12.4 Å². The van der Waals surface area contributed by atoms with Crippen molar-refractivity contribution >= 4 is 23.5 Å². The maximum Gasteiger partial charge on any atom is 0.490 e. The number of nitrogens with one attached hydrogen (secondary N) is 1. The molecule has 9 nitrogen and oxygen atoms in total. The van der Waals surface area contributed by atoms with Crippen LogP contribution in [0, 0.1) is 5.92 Å². The molecule has 0 radical (unpaired) electrons. The number of alkyl halides is 3. The molecule has 3 heterocycles. The summed E-state index contributed by atoms with van der Waals surface area (Å²) in [5, 5.41) is 14.0. The van der Waals surface area contributed by atoms with Gasteiger partial charge in [0.05, 0.1) is 6.54 Å². The number of halogens is 3. The van der Waals surface area contributed by atoms with Crippen LogP contribution in [0.1, 0.15) is 45.1 Å². The summed E-state index contributed by atoms with van der Waals surface area (Å²) in [6.45, 7) is 5.73. The maximum absolute atomic E-state index is 12.4. The highest BCUT2D eigenvalue weighted by Crippen LogP contribution is 2.34. The van der Waals surface area contributed by atoms with Crippen molar-refractivity contribution in [3.05, 3.63) is 30.1 Å². The summed E-state index contributed by atoms with van der Waals surface area (Å²) >= 11 is 0. The van der Waals surface area contributed by atoms with Crippen molar-refractivity contribution in [3.63, 3.8) is 0 Å². The first-order chi connectivity index (χ1) is 15.4. The minimum atomic E-state index is -5.08. The molecule has 1 aromatic rings. The summed E-state index contributed by atoms with van der Waals surface area (Å²) in [5.74, 6) is -2.50. The molecule has 1 spiro atoms. The molecular weight excluding hydrogens is 445 g/mol. The third-order valence-electron chi connectivity index (χ3n) is 4.99. The molecule has 1 fully saturated rings. The van der Waals surface area contributed by atoms with Crippen LogP contribution in [0.5, 0.6) is 0 Å².